The Morgan fingerprint density at radius 2 is 1.98 bits per heavy atom. The smallest absolute Gasteiger partial charge is 0.326 e. The summed E-state index contributed by atoms with van der Waals surface area (Å²) in [6.07, 6.45) is 2.57. The van der Waals surface area contributed by atoms with E-state index < -0.39 is 18.1 Å². The molecule has 3 heterocycles. The van der Waals surface area contributed by atoms with Gasteiger partial charge in [-0.25, -0.2) is 4.98 Å². The second-order valence-corrected chi connectivity index (χ2v) is 11.3. The summed E-state index contributed by atoms with van der Waals surface area (Å²) in [4.78, 5) is 43.9. The second kappa shape index (κ2) is 12.3. The number of amides is 1. The lowest BCUT2D eigenvalue weighted by atomic mass is 9.97. The first-order valence-corrected chi connectivity index (χ1v) is 14.0. The van der Waals surface area contributed by atoms with Gasteiger partial charge in [0.2, 0.25) is 5.91 Å². The van der Waals surface area contributed by atoms with Crippen LogP contribution in [0.4, 0.5) is 0 Å². The van der Waals surface area contributed by atoms with Gasteiger partial charge in [-0.1, -0.05) is 6.07 Å². The SMILES string of the molecule is CC(=O)N1CCC[C@H](Cn2c(-c3cc(C)c(=O)n(C)c3)nc3ccc(CN[C@H](C(=O)OC(C)C)[C@@H](C)O)cc32)C1. The molecular weight excluding hydrogens is 510 g/mol. The van der Waals surface area contributed by atoms with Crippen LogP contribution in [-0.4, -0.2) is 67.3 Å². The molecule has 1 aliphatic heterocycles. The van der Waals surface area contributed by atoms with Crippen LogP contribution >= 0.6 is 0 Å². The van der Waals surface area contributed by atoms with Crippen molar-refractivity contribution < 1.29 is 19.4 Å². The number of carbonyl (C=O) groups is 2. The Hall–Kier alpha value is -3.50. The molecule has 1 aromatic carbocycles. The Morgan fingerprint density at radius 1 is 1.23 bits per heavy atom. The third kappa shape index (κ3) is 6.62. The molecule has 3 atom stereocenters. The van der Waals surface area contributed by atoms with Gasteiger partial charge >= 0.3 is 5.97 Å². The molecule has 2 aromatic heterocycles. The van der Waals surface area contributed by atoms with Crippen molar-refractivity contribution in [1.29, 1.82) is 0 Å². The van der Waals surface area contributed by atoms with Crippen LogP contribution in [0.1, 0.15) is 51.7 Å². The zero-order valence-electron chi connectivity index (χ0n) is 24.3. The molecular formula is C30H41N5O5. The topological polar surface area (TPSA) is 119 Å². The number of likely N-dealkylation sites (tertiary alicyclic amines) is 1. The molecule has 4 rings (SSSR count). The van der Waals surface area contributed by atoms with E-state index in [9.17, 15) is 19.5 Å². The highest BCUT2D eigenvalue weighted by Gasteiger charge is 2.27. The molecule has 1 saturated heterocycles. The van der Waals surface area contributed by atoms with Gasteiger partial charge in [-0.05, 0) is 70.2 Å². The number of hydrogen-bond donors (Lipinski definition) is 2. The van der Waals surface area contributed by atoms with Crippen LogP contribution in [0.15, 0.2) is 35.3 Å². The van der Waals surface area contributed by atoms with E-state index in [1.807, 2.05) is 35.4 Å². The minimum atomic E-state index is -0.921. The lowest BCUT2D eigenvalue weighted by molar-refractivity contribution is -0.152. The minimum Gasteiger partial charge on any atom is -0.462 e. The first-order valence-electron chi connectivity index (χ1n) is 14.0. The van der Waals surface area contributed by atoms with Crippen LogP contribution in [-0.2, 0) is 34.5 Å². The summed E-state index contributed by atoms with van der Waals surface area (Å²) in [5.74, 6) is 0.623. The maximum atomic E-state index is 12.5. The minimum absolute atomic E-state index is 0.0483. The average Bonchev–Trinajstić information content (AvgIpc) is 3.24. The number of aryl methyl sites for hydroxylation is 2. The Balaban J connectivity index is 1.71. The number of pyridine rings is 1. The van der Waals surface area contributed by atoms with E-state index in [1.165, 1.54) is 0 Å². The molecule has 2 N–H and O–H groups in total. The van der Waals surface area contributed by atoms with Crippen molar-refractivity contribution in [3.05, 3.63) is 51.9 Å². The molecule has 10 nitrogen and oxygen atoms in total. The van der Waals surface area contributed by atoms with Gasteiger partial charge in [0.15, 0.2) is 0 Å². The second-order valence-electron chi connectivity index (χ2n) is 11.3. The quantitative estimate of drug-likeness (QED) is 0.393. The van der Waals surface area contributed by atoms with Crippen molar-refractivity contribution in [2.24, 2.45) is 13.0 Å². The highest BCUT2D eigenvalue weighted by atomic mass is 16.5. The highest BCUT2D eigenvalue weighted by molar-refractivity contribution is 5.81. The molecule has 3 aromatic rings. The van der Waals surface area contributed by atoms with Gasteiger partial charge in [0, 0.05) is 57.5 Å². The first kappa shape index (κ1) is 29.5. The van der Waals surface area contributed by atoms with Gasteiger partial charge < -0.3 is 23.9 Å². The molecule has 0 saturated carbocycles. The van der Waals surface area contributed by atoms with Gasteiger partial charge in [-0.2, -0.15) is 0 Å². The third-order valence-electron chi connectivity index (χ3n) is 7.45. The monoisotopic (exact) mass is 551 g/mol. The number of rotatable bonds is 9. The normalized spacial score (nSPS) is 17.3. The van der Waals surface area contributed by atoms with Gasteiger partial charge in [0.25, 0.3) is 5.56 Å². The van der Waals surface area contributed by atoms with Crippen molar-refractivity contribution in [1.82, 2.24) is 24.3 Å². The van der Waals surface area contributed by atoms with Crippen molar-refractivity contribution in [3.63, 3.8) is 0 Å². The van der Waals surface area contributed by atoms with Crippen LogP contribution < -0.4 is 10.9 Å². The fourth-order valence-corrected chi connectivity index (χ4v) is 5.43. The first-order chi connectivity index (χ1) is 18.9. The molecule has 1 fully saturated rings. The van der Waals surface area contributed by atoms with Gasteiger partial charge in [-0.3, -0.25) is 19.7 Å². The van der Waals surface area contributed by atoms with E-state index in [4.69, 9.17) is 9.72 Å². The average molecular weight is 552 g/mol. The summed E-state index contributed by atoms with van der Waals surface area (Å²) in [7, 11) is 1.74. The molecule has 0 bridgehead atoms. The Kier molecular flexibility index (Phi) is 9.10. The molecule has 0 aliphatic carbocycles. The number of esters is 1. The van der Waals surface area contributed by atoms with Gasteiger partial charge in [-0.15, -0.1) is 0 Å². The zero-order valence-corrected chi connectivity index (χ0v) is 24.3. The number of hydrogen-bond acceptors (Lipinski definition) is 7. The number of imidazole rings is 1. The van der Waals surface area contributed by atoms with E-state index in [2.05, 4.69) is 9.88 Å². The number of carbonyl (C=O) groups excluding carboxylic acids is 2. The number of aliphatic hydroxyl groups is 1. The fraction of sp³-hybridized carbons (Fsp3) is 0.533. The predicted octanol–water partition coefficient (Wildman–Crippen LogP) is 2.76. The molecule has 0 spiro atoms. The van der Waals surface area contributed by atoms with E-state index >= 15 is 0 Å². The molecule has 216 valence electrons. The van der Waals surface area contributed by atoms with Crippen molar-refractivity contribution in [2.75, 3.05) is 13.1 Å². The number of aliphatic hydroxyl groups excluding tert-OH is 1. The Bertz CT molecular complexity index is 1410. The van der Waals surface area contributed by atoms with Crippen LogP contribution in [0.2, 0.25) is 0 Å². The van der Waals surface area contributed by atoms with Crippen molar-refractivity contribution >= 4 is 22.9 Å². The molecule has 0 unspecified atom stereocenters. The maximum absolute atomic E-state index is 12.5. The van der Waals surface area contributed by atoms with Gasteiger partial charge in [0.05, 0.1) is 23.2 Å². The molecule has 1 aliphatic rings. The summed E-state index contributed by atoms with van der Waals surface area (Å²) in [5.41, 5.74) is 4.11. The standard InChI is InChI=1S/C30H41N5O5/c1-18(2)40-30(39)27(20(4)36)31-14-22-9-10-25-26(13-22)35(16-23-8-7-11-34(15-23)21(5)37)28(32-25)24-12-19(3)29(38)33(6)17-24/h9-10,12-13,17-18,20,23,27,31,36H,7-8,11,14-16H2,1-6H3/t20-,23+,27+/m1/s1. The van der Waals surface area contributed by atoms with E-state index in [1.54, 1.807) is 46.2 Å². The summed E-state index contributed by atoms with van der Waals surface area (Å²) < 4.78 is 9.08. The molecule has 40 heavy (non-hydrogen) atoms. The van der Waals surface area contributed by atoms with E-state index in [-0.39, 0.29) is 23.5 Å². The number of nitrogens with zero attached hydrogens (tertiary/aromatic N) is 4. The fourth-order valence-electron chi connectivity index (χ4n) is 5.43. The zero-order chi connectivity index (χ0) is 29.1. The maximum Gasteiger partial charge on any atom is 0.326 e. The van der Waals surface area contributed by atoms with E-state index in [0.717, 1.165) is 47.4 Å². The van der Waals surface area contributed by atoms with Crippen molar-refractivity contribution in [2.45, 2.75) is 78.8 Å². The van der Waals surface area contributed by atoms with E-state index in [0.29, 0.717) is 25.2 Å². The van der Waals surface area contributed by atoms with Crippen LogP contribution in [0.25, 0.3) is 22.4 Å². The molecule has 10 heteroatoms. The number of fused-ring (bicyclic) bond motifs is 1. The Labute approximate surface area is 235 Å². The van der Waals surface area contributed by atoms with Crippen LogP contribution in [0.5, 0.6) is 0 Å². The number of ether oxygens (including phenoxy) is 1. The lowest BCUT2D eigenvalue weighted by Crippen LogP contribution is -2.46. The summed E-state index contributed by atoms with van der Waals surface area (Å²) in [6, 6.07) is 6.97. The summed E-state index contributed by atoms with van der Waals surface area (Å²) >= 11 is 0. The molecule has 1 amide bonds. The summed E-state index contributed by atoms with van der Waals surface area (Å²) in [5, 5.41) is 13.3. The van der Waals surface area contributed by atoms with Crippen LogP contribution in [0, 0.1) is 12.8 Å². The largest absolute Gasteiger partial charge is 0.462 e. The number of nitrogens with one attached hydrogen (secondary N) is 1. The van der Waals surface area contributed by atoms with Crippen molar-refractivity contribution in [3.8, 4) is 11.4 Å². The number of piperidine rings is 1. The highest BCUT2D eigenvalue weighted by Crippen LogP contribution is 2.29. The predicted molar refractivity (Wildman–Crippen MR) is 154 cm³/mol. The summed E-state index contributed by atoms with van der Waals surface area (Å²) in [6.45, 7) is 11.0. The molecule has 0 radical (unpaired) electrons. The van der Waals surface area contributed by atoms with Gasteiger partial charge in [0.1, 0.15) is 11.9 Å². The number of benzene rings is 1. The number of aromatic nitrogens is 3. The third-order valence-corrected chi connectivity index (χ3v) is 7.45. The van der Waals surface area contributed by atoms with Crippen LogP contribution in [0.3, 0.4) is 0 Å². The Morgan fingerprint density at radius 3 is 2.62 bits per heavy atom. The lowest BCUT2D eigenvalue weighted by Gasteiger charge is -2.32.